The molecule has 0 aliphatic rings. The van der Waals surface area contributed by atoms with Crippen molar-refractivity contribution >= 4 is 5.90 Å². The fourth-order valence-corrected chi connectivity index (χ4v) is 0.129. The van der Waals surface area contributed by atoms with Crippen LogP contribution < -0.4 is 0 Å². The van der Waals surface area contributed by atoms with Crippen LogP contribution in [0.15, 0.2) is 5.16 Å². The topological polar surface area (TPSA) is 41.5 Å². The third-order valence-electron chi connectivity index (χ3n) is 0.220. The van der Waals surface area contributed by atoms with Crippen LogP contribution in [0.3, 0.4) is 0 Å². The maximum Gasteiger partial charge on any atom is 0.278 e. The molecule has 0 bridgehead atoms. The lowest BCUT2D eigenvalue weighted by molar-refractivity contribution is 0.198. The first-order valence-electron chi connectivity index (χ1n) is 1.52. The Morgan fingerprint density at radius 1 is 1.83 bits per heavy atom. The predicted octanol–water partition coefficient (Wildman–Crippen LogP) is 0.397. The number of hydrogen-bond acceptors (Lipinski definition) is 2. The zero-order chi connectivity index (χ0) is 4.99. The molecule has 35 valence electrons. The van der Waals surface area contributed by atoms with Crippen LogP contribution in [0.1, 0.15) is 6.92 Å². The maximum absolute atomic E-state index is 9.75. The van der Waals surface area contributed by atoms with E-state index in [-0.39, 0.29) is 5.90 Å². The average molecular weight is 88.1 g/mol. The Morgan fingerprint density at radius 2 is 2.33 bits per heavy atom. The Hall–Kier alpha value is -0.730. The standard InChI is InChI=1S/C3H6NO2/c1-3(5)4-6-2/h1-2H3/b4-3+. The second kappa shape index (κ2) is 2.50. The first kappa shape index (κ1) is 5.27. The van der Waals surface area contributed by atoms with Gasteiger partial charge in [0.05, 0.1) is 0 Å². The van der Waals surface area contributed by atoms with Gasteiger partial charge in [-0.05, 0) is 5.16 Å². The van der Waals surface area contributed by atoms with Gasteiger partial charge in [-0.25, -0.2) is 0 Å². The Labute approximate surface area is 36.2 Å². The molecule has 0 saturated heterocycles. The van der Waals surface area contributed by atoms with Gasteiger partial charge in [0.2, 0.25) is 0 Å². The second-order valence-electron chi connectivity index (χ2n) is 0.793. The van der Waals surface area contributed by atoms with Crippen molar-refractivity contribution in [2.75, 3.05) is 7.11 Å². The Kier molecular flexibility index (Phi) is 2.20. The van der Waals surface area contributed by atoms with Crippen molar-refractivity contribution < 1.29 is 9.94 Å². The molecule has 3 heteroatoms. The van der Waals surface area contributed by atoms with E-state index in [0.29, 0.717) is 0 Å². The molecule has 0 aromatic rings. The van der Waals surface area contributed by atoms with Crippen molar-refractivity contribution in [1.82, 2.24) is 0 Å². The Morgan fingerprint density at radius 3 is 2.33 bits per heavy atom. The maximum atomic E-state index is 9.75. The van der Waals surface area contributed by atoms with Crippen molar-refractivity contribution in [2.45, 2.75) is 6.92 Å². The smallest absolute Gasteiger partial charge is 0.278 e. The zero-order valence-electron chi connectivity index (χ0n) is 3.76. The third-order valence-corrected chi connectivity index (χ3v) is 0.220. The van der Waals surface area contributed by atoms with Gasteiger partial charge in [0.15, 0.2) is 0 Å². The summed E-state index contributed by atoms with van der Waals surface area (Å²) >= 11 is 0. The minimum absolute atomic E-state index is 0.308. The van der Waals surface area contributed by atoms with E-state index in [2.05, 4.69) is 9.99 Å². The summed E-state index contributed by atoms with van der Waals surface area (Å²) in [5.74, 6) is -0.308. The molecule has 0 atom stereocenters. The van der Waals surface area contributed by atoms with Crippen LogP contribution in [0.25, 0.3) is 0 Å². The largest absolute Gasteiger partial charge is 0.396 e. The van der Waals surface area contributed by atoms with E-state index in [9.17, 15) is 5.11 Å². The van der Waals surface area contributed by atoms with Gasteiger partial charge in [-0.15, -0.1) is 0 Å². The van der Waals surface area contributed by atoms with Gasteiger partial charge in [-0.2, -0.15) is 0 Å². The third kappa shape index (κ3) is 3.27. The summed E-state index contributed by atoms with van der Waals surface area (Å²) < 4.78 is 0. The van der Waals surface area contributed by atoms with Crippen LogP contribution in [-0.2, 0) is 9.94 Å². The number of hydrogen-bond donors (Lipinski definition) is 0. The highest BCUT2D eigenvalue weighted by Crippen LogP contribution is 1.68. The van der Waals surface area contributed by atoms with Gasteiger partial charge in [0, 0.05) is 6.92 Å². The fraction of sp³-hybridized carbons (Fsp3) is 0.667. The molecular formula is C3H6NO2. The van der Waals surface area contributed by atoms with Gasteiger partial charge in [0.1, 0.15) is 7.11 Å². The summed E-state index contributed by atoms with van der Waals surface area (Å²) in [4.78, 5) is 4.08. The van der Waals surface area contributed by atoms with Gasteiger partial charge in [0.25, 0.3) is 5.90 Å². The van der Waals surface area contributed by atoms with Crippen molar-refractivity contribution in [3.05, 3.63) is 0 Å². The predicted molar refractivity (Wildman–Crippen MR) is 20.8 cm³/mol. The van der Waals surface area contributed by atoms with E-state index < -0.39 is 0 Å². The molecule has 0 rings (SSSR count). The van der Waals surface area contributed by atoms with E-state index in [1.807, 2.05) is 0 Å². The van der Waals surface area contributed by atoms with E-state index in [4.69, 9.17) is 0 Å². The van der Waals surface area contributed by atoms with Gasteiger partial charge < -0.3 is 4.84 Å². The monoisotopic (exact) mass is 88.0 g/mol. The molecule has 0 aliphatic carbocycles. The van der Waals surface area contributed by atoms with Gasteiger partial charge >= 0.3 is 0 Å². The van der Waals surface area contributed by atoms with Crippen LogP contribution in [0.5, 0.6) is 0 Å². The molecule has 0 unspecified atom stereocenters. The Bertz CT molecular complexity index is 55.8. The van der Waals surface area contributed by atoms with Gasteiger partial charge in [-0.3, -0.25) is 5.11 Å². The van der Waals surface area contributed by atoms with Crippen molar-refractivity contribution in [1.29, 1.82) is 0 Å². The number of oxime groups is 1. The summed E-state index contributed by atoms with van der Waals surface area (Å²) in [6.45, 7) is 1.32. The average Bonchev–Trinajstić information content (AvgIpc) is 1.35. The molecule has 0 aromatic heterocycles. The molecule has 6 heavy (non-hydrogen) atoms. The molecule has 0 spiro atoms. The van der Waals surface area contributed by atoms with Crippen molar-refractivity contribution in [2.24, 2.45) is 5.16 Å². The minimum Gasteiger partial charge on any atom is -0.396 e. The lowest BCUT2D eigenvalue weighted by Gasteiger charge is -1.79. The lowest BCUT2D eigenvalue weighted by atomic mass is 10.8. The number of nitrogens with zero attached hydrogens (tertiary/aromatic N) is 1. The summed E-state index contributed by atoms with van der Waals surface area (Å²) in [7, 11) is 1.33. The first-order chi connectivity index (χ1) is 2.77. The number of rotatable bonds is 1. The van der Waals surface area contributed by atoms with Crippen LogP contribution >= 0.6 is 0 Å². The highest BCUT2D eigenvalue weighted by atomic mass is 16.6. The van der Waals surface area contributed by atoms with E-state index in [0.717, 1.165) is 0 Å². The summed E-state index contributed by atoms with van der Waals surface area (Å²) in [5, 5.41) is 12.7. The van der Waals surface area contributed by atoms with E-state index in [1.165, 1.54) is 14.0 Å². The van der Waals surface area contributed by atoms with Gasteiger partial charge in [-0.1, -0.05) is 0 Å². The zero-order valence-corrected chi connectivity index (χ0v) is 3.76. The molecule has 3 nitrogen and oxygen atoms in total. The molecule has 0 saturated carbocycles. The van der Waals surface area contributed by atoms with Crippen LogP contribution in [-0.4, -0.2) is 13.0 Å². The van der Waals surface area contributed by atoms with E-state index >= 15 is 0 Å². The molecule has 1 radical (unpaired) electrons. The van der Waals surface area contributed by atoms with Crippen molar-refractivity contribution in [3.8, 4) is 0 Å². The van der Waals surface area contributed by atoms with Crippen molar-refractivity contribution in [3.63, 3.8) is 0 Å². The molecular weight excluding hydrogens is 82.0 g/mol. The van der Waals surface area contributed by atoms with Crippen LogP contribution in [0.2, 0.25) is 0 Å². The summed E-state index contributed by atoms with van der Waals surface area (Å²) in [5.41, 5.74) is 0. The van der Waals surface area contributed by atoms with Crippen LogP contribution in [0, 0.1) is 0 Å². The SMILES string of the molecule is CO/N=C(\C)[O]. The quantitative estimate of drug-likeness (QED) is 0.260. The molecule has 0 amide bonds. The summed E-state index contributed by atoms with van der Waals surface area (Å²) in [6, 6.07) is 0. The molecule has 0 aliphatic heterocycles. The highest BCUT2D eigenvalue weighted by molar-refractivity contribution is 5.69. The molecule has 0 aromatic carbocycles. The fourth-order valence-electron chi connectivity index (χ4n) is 0.129. The molecule has 0 N–H and O–H groups in total. The summed E-state index contributed by atoms with van der Waals surface area (Å²) in [6.07, 6.45) is 0. The second-order valence-corrected chi connectivity index (χ2v) is 0.793. The molecule has 0 heterocycles. The highest BCUT2D eigenvalue weighted by Gasteiger charge is 1.77. The minimum atomic E-state index is -0.308. The lowest BCUT2D eigenvalue weighted by Crippen LogP contribution is -1.82. The molecule has 0 fully saturated rings. The first-order valence-corrected chi connectivity index (χ1v) is 1.52. The Balaban J connectivity index is 3.14. The van der Waals surface area contributed by atoms with Crippen LogP contribution in [0.4, 0.5) is 0 Å². The normalized spacial score (nSPS) is 11.3. The van der Waals surface area contributed by atoms with E-state index in [1.54, 1.807) is 0 Å².